The van der Waals surface area contributed by atoms with Gasteiger partial charge in [-0.2, -0.15) is 28.8 Å². The number of hydrogen-bond donors (Lipinski definition) is 1. The first-order valence-electron chi connectivity index (χ1n) is 8.72. The predicted octanol–water partition coefficient (Wildman–Crippen LogP) is 2.71. The highest BCUT2D eigenvalue weighted by molar-refractivity contribution is 7.90. The Morgan fingerprint density at radius 1 is 1.41 bits per heavy atom. The third-order valence-electron chi connectivity index (χ3n) is 4.40. The van der Waals surface area contributed by atoms with E-state index in [2.05, 4.69) is 15.7 Å². The van der Waals surface area contributed by atoms with Crippen molar-refractivity contribution in [3.05, 3.63) is 22.4 Å². The molecule has 0 radical (unpaired) electrons. The third kappa shape index (κ3) is 5.82. The van der Waals surface area contributed by atoms with Gasteiger partial charge in [0, 0.05) is 39.8 Å². The smallest absolute Gasteiger partial charge is 0.357 e. The van der Waals surface area contributed by atoms with E-state index in [1.165, 1.54) is 5.56 Å². The quantitative estimate of drug-likeness (QED) is 0.561. The van der Waals surface area contributed by atoms with Gasteiger partial charge in [0.25, 0.3) is 0 Å². The number of halogens is 3. The summed E-state index contributed by atoms with van der Waals surface area (Å²) in [6.07, 6.45) is 0.735. The van der Waals surface area contributed by atoms with Crippen LogP contribution < -0.4 is 5.32 Å². The number of hydrogen-bond acceptors (Lipinski definition) is 4. The molecule has 11 heteroatoms. The van der Waals surface area contributed by atoms with Crippen LogP contribution in [0.5, 0.6) is 0 Å². The fraction of sp³-hybridized carbons (Fsp3) is 0.688. The van der Waals surface area contributed by atoms with Crippen molar-refractivity contribution in [2.75, 3.05) is 33.2 Å². The molecule has 0 aromatic carbocycles. The van der Waals surface area contributed by atoms with E-state index in [4.69, 9.17) is 0 Å². The molecule has 1 saturated heterocycles. The normalized spacial score (nSPS) is 17.9. The number of nitrogens with zero attached hydrogens (tertiary/aromatic N) is 3. The molecule has 6 nitrogen and oxygen atoms in total. The second kappa shape index (κ2) is 9.24. The van der Waals surface area contributed by atoms with Crippen molar-refractivity contribution in [1.29, 1.82) is 0 Å². The van der Waals surface area contributed by atoms with Crippen molar-refractivity contribution in [1.82, 2.24) is 14.5 Å². The summed E-state index contributed by atoms with van der Waals surface area (Å²) in [6.45, 7) is 3.59. The van der Waals surface area contributed by atoms with Crippen molar-refractivity contribution in [3.63, 3.8) is 0 Å². The molecule has 1 aliphatic rings. The highest BCUT2D eigenvalue weighted by Crippen LogP contribution is 2.30. The maximum atomic E-state index is 12.6. The molecular formula is C16H25F3N4O2S2. The Bertz CT molecular complexity index is 713. The van der Waals surface area contributed by atoms with E-state index < -0.39 is 15.5 Å². The van der Waals surface area contributed by atoms with Crippen LogP contribution in [0.25, 0.3) is 0 Å². The molecule has 0 atom stereocenters. The molecule has 1 aromatic rings. The number of nitrogens with one attached hydrogen (secondary N) is 1. The van der Waals surface area contributed by atoms with Gasteiger partial charge in [0.15, 0.2) is 5.96 Å². The summed E-state index contributed by atoms with van der Waals surface area (Å²) in [6, 6.07) is 2.04. The summed E-state index contributed by atoms with van der Waals surface area (Å²) in [7, 11) is -3.30. The zero-order valence-corrected chi connectivity index (χ0v) is 17.0. The molecule has 2 rings (SSSR count). The van der Waals surface area contributed by atoms with E-state index in [0.29, 0.717) is 36.8 Å². The fourth-order valence-electron chi connectivity index (χ4n) is 2.90. The van der Waals surface area contributed by atoms with Crippen LogP contribution in [0.3, 0.4) is 0 Å². The van der Waals surface area contributed by atoms with Crippen LogP contribution in [-0.2, 0) is 16.6 Å². The average molecular weight is 427 g/mol. The second-order valence-corrected chi connectivity index (χ2v) is 9.18. The molecule has 0 saturated carbocycles. The molecule has 1 aromatic heterocycles. The molecule has 0 aliphatic carbocycles. The average Bonchev–Trinajstić information content (AvgIpc) is 3.11. The molecule has 0 spiro atoms. The SMILES string of the molecule is CCNC(=NCC1CCN(S(=O)(=O)C(F)(F)F)CC1)N(C)Cc1ccsc1. The lowest BCUT2D eigenvalue weighted by Crippen LogP contribution is -2.45. The Balaban J connectivity index is 1.92. The van der Waals surface area contributed by atoms with E-state index >= 15 is 0 Å². The number of alkyl halides is 3. The van der Waals surface area contributed by atoms with Crippen LogP contribution in [0.1, 0.15) is 25.3 Å². The minimum Gasteiger partial charge on any atom is -0.357 e. The Morgan fingerprint density at radius 2 is 2.07 bits per heavy atom. The third-order valence-corrected chi connectivity index (χ3v) is 6.76. The van der Waals surface area contributed by atoms with Crippen LogP contribution in [0.15, 0.2) is 21.8 Å². The first-order chi connectivity index (χ1) is 12.6. The molecule has 154 valence electrons. The van der Waals surface area contributed by atoms with E-state index in [1.807, 2.05) is 30.3 Å². The Hall–Kier alpha value is -1.33. The summed E-state index contributed by atoms with van der Waals surface area (Å²) < 4.78 is 61.4. The first-order valence-corrected chi connectivity index (χ1v) is 11.1. The Kier molecular flexibility index (Phi) is 7.52. The van der Waals surface area contributed by atoms with Crippen molar-refractivity contribution in [2.45, 2.75) is 31.8 Å². The summed E-state index contributed by atoms with van der Waals surface area (Å²) in [5, 5.41) is 7.29. The lowest BCUT2D eigenvalue weighted by Gasteiger charge is -2.31. The number of guanidine groups is 1. The highest BCUT2D eigenvalue weighted by Gasteiger charge is 2.50. The van der Waals surface area contributed by atoms with Gasteiger partial charge in [-0.3, -0.25) is 4.99 Å². The van der Waals surface area contributed by atoms with Crippen LogP contribution in [0.2, 0.25) is 0 Å². The molecule has 0 unspecified atom stereocenters. The van der Waals surface area contributed by atoms with E-state index in [9.17, 15) is 21.6 Å². The van der Waals surface area contributed by atoms with Gasteiger partial charge in [-0.25, -0.2) is 8.42 Å². The number of rotatable bonds is 6. The second-order valence-electron chi connectivity index (χ2n) is 6.48. The maximum Gasteiger partial charge on any atom is 0.511 e. The summed E-state index contributed by atoms with van der Waals surface area (Å²) in [5.74, 6) is 0.793. The van der Waals surface area contributed by atoms with Gasteiger partial charge >= 0.3 is 15.5 Å². The monoisotopic (exact) mass is 426 g/mol. The molecule has 0 amide bonds. The number of piperidine rings is 1. The number of aliphatic imine (C=N–C) groups is 1. The minimum atomic E-state index is -5.24. The van der Waals surface area contributed by atoms with Gasteiger partial charge in [-0.1, -0.05) is 0 Å². The summed E-state index contributed by atoms with van der Waals surface area (Å²) >= 11 is 1.63. The number of sulfonamides is 1. The lowest BCUT2D eigenvalue weighted by atomic mass is 9.98. The highest BCUT2D eigenvalue weighted by atomic mass is 32.2. The first kappa shape index (κ1) is 22.0. The molecule has 27 heavy (non-hydrogen) atoms. The van der Waals surface area contributed by atoms with Gasteiger partial charge in [0.05, 0.1) is 0 Å². The van der Waals surface area contributed by atoms with Gasteiger partial charge in [0.1, 0.15) is 0 Å². The van der Waals surface area contributed by atoms with Crippen molar-refractivity contribution < 1.29 is 21.6 Å². The maximum absolute atomic E-state index is 12.6. The fourth-order valence-corrected chi connectivity index (χ4v) is 4.54. The van der Waals surface area contributed by atoms with Crippen LogP contribution in [0.4, 0.5) is 13.2 Å². The zero-order valence-electron chi connectivity index (χ0n) is 15.4. The lowest BCUT2D eigenvalue weighted by molar-refractivity contribution is -0.0496. The molecule has 2 heterocycles. The van der Waals surface area contributed by atoms with Crippen molar-refractivity contribution >= 4 is 27.3 Å². The van der Waals surface area contributed by atoms with Crippen molar-refractivity contribution in [3.8, 4) is 0 Å². The van der Waals surface area contributed by atoms with E-state index in [-0.39, 0.29) is 19.0 Å². The molecular weight excluding hydrogens is 401 g/mol. The van der Waals surface area contributed by atoms with E-state index in [1.54, 1.807) is 11.3 Å². The van der Waals surface area contributed by atoms with Gasteiger partial charge in [-0.15, -0.1) is 0 Å². The summed E-state index contributed by atoms with van der Waals surface area (Å²) in [5.41, 5.74) is -4.06. The van der Waals surface area contributed by atoms with E-state index in [0.717, 1.165) is 5.96 Å². The standard InChI is InChI=1S/C16H25F3N4O2S2/c1-3-20-15(22(2)11-14-6-9-26-12-14)21-10-13-4-7-23(8-5-13)27(24,25)16(17,18)19/h6,9,12-13H,3-5,7-8,10-11H2,1-2H3,(H,20,21). The molecule has 1 N–H and O–H groups in total. The number of thiophene rings is 1. The van der Waals surface area contributed by atoms with Crippen molar-refractivity contribution in [2.24, 2.45) is 10.9 Å². The Morgan fingerprint density at radius 3 is 2.59 bits per heavy atom. The molecule has 1 fully saturated rings. The largest absolute Gasteiger partial charge is 0.511 e. The van der Waals surface area contributed by atoms with Crippen LogP contribution in [-0.4, -0.2) is 62.3 Å². The van der Waals surface area contributed by atoms with Gasteiger partial charge < -0.3 is 10.2 Å². The minimum absolute atomic E-state index is 0.0629. The Labute approximate surface area is 162 Å². The zero-order chi connectivity index (χ0) is 20.1. The van der Waals surface area contributed by atoms with Gasteiger partial charge in [0.2, 0.25) is 0 Å². The molecule has 0 bridgehead atoms. The topological polar surface area (TPSA) is 65.0 Å². The predicted molar refractivity (Wildman–Crippen MR) is 101 cm³/mol. The van der Waals surface area contributed by atoms with Gasteiger partial charge in [-0.05, 0) is 48.1 Å². The molecule has 1 aliphatic heterocycles. The van der Waals surface area contributed by atoms with Crippen LogP contribution in [0, 0.1) is 5.92 Å². The summed E-state index contributed by atoms with van der Waals surface area (Å²) in [4.78, 5) is 6.59. The van der Waals surface area contributed by atoms with Crippen LogP contribution >= 0.6 is 11.3 Å².